The van der Waals surface area contributed by atoms with Crippen LogP contribution in [-0.2, 0) is 6.54 Å². The van der Waals surface area contributed by atoms with E-state index >= 15 is 0 Å². The van der Waals surface area contributed by atoms with Gasteiger partial charge in [-0.15, -0.1) is 5.10 Å². The number of rotatable bonds is 4. The first-order valence-corrected chi connectivity index (χ1v) is 6.02. The first kappa shape index (κ1) is 11.5. The van der Waals surface area contributed by atoms with Gasteiger partial charge in [0.15, 0.2) is 0 Å². The lowest BCUT2D eigenvalue weighted by molar-refractivity contribution is 0.103. The summed E-state index contributed by atoms with van der Waals surface area (Å²) in [5.74, 6) is -0.138. The van der Waals surface area contributed by atoms with Crippen LogP contribution in [0.3, 0.4) is 0 Å². The second kappa shape index (κ2) is 4.60. The van der Waals surface area contributed by atoms with Crippen molar-refractivity contribution in [3.05, 3.63) is 42.2 Å². The smallest absolute Gasteiger partial charge is 0.216 e. The molecule has 3 heterocycles. The molecule has 0 amide bonds. The highest BCUT2D eigenvalue weighted by molar-refractivity contribution is 6.11. The zero-order valence-corrected chi connectivity index (χ0v) is 10.4. The van der Waals surface area contributed by atoms with E-state index < -0.39 is 0 Å². The summed E-state index contributed by atoms with van der Waals surface area (Å²) in [4.78, 5) is 16.5. The van der Waals surface area contributed by atoms with Crippen molar-refractivity contribution in [2.45, 2.75) is 19.9 Å². The standard InChI is InChI=1S/C12H12N6O/c1-2-4-18-11(8-14-16-18)12(19)9-6-15-17-5-3-13-7-10(9)17/h3,5-8H,2,4H2,1H3. The number of hydrogen-bond donors (Lipinski definition) is 0. The van der Waals surface area contributed by atoms with Crippen LogP contribution in [0.5, 0.6) is 0 Å². The van der Waals surface area contributed by atoms with E-state index in [4.69, 9.17) is 0 Å². The summed E-state index contributed by atoms with van der Waals surface area (Å²) in [6, 6.07) is 0. The first-order valence-electron chi connectivity index (χ1n) is 6.02. The Bertz CT molecular complexity index is 728. The molecule has 96 valence electrons. The molecule has 0 bridgehead atoms. The molecule has 0 aliphatic rings. The molecule has 0 saturated heterocycles. The Morgan fingerprint density at radius 3 is 3.05 bits per heavy atom. The molecule has 0 aliphatic heterocycles. The predicted octanol–water partition coefficient (Wildman–Crippen LogP) is 0.962. The Morgan fingerprint density at radius 1 is 1.32 bits per heavy atom. The van der Waals surface area contributed by atoms with Crippen molar-refractivity contribution in [3.63, 3.8) is 0 Å². The van der Waals surface area contributed by atoms with E-state index in [-0.39, 0.29) is 5.78 Å². The number of aryl methyl sites for hydroxylation is 1. The van der Waals surface area contributed by atoms with Crippen LogP contribution in [0.2, 0.25) is 0 Å². The lowest BCUT2D eigenvalue weighted by atomic mass is 10.1. The highest BCUT2D eigenvalue weighted by Gasteiger charge is 2.19. The van der Waals surface area contributed by atoms with Gasteiger partial charge in [-0.3, -0.25) is 9.78 Å². The van der Waals surface area contributed by atoms with Gasteiger partial charge in [0.2, 0.25) is 5.78 Å². The molecule has 0 aliphatic carbocycles. The van der Waals surface area contributed by atoms with Crippen molar-refractivity contribution in [1.82, 2.24) is 29.6 Å². The lowest BCUT2D eigenvalue weighted by Gasteiger charge is -2.02. The SMILES string of the molecule is CCCn1nncc1C(=O)c1cnn2ccncc12. The van der Waals surface area contributed by atoms with Crippen LogP contribution in [0, 0.1) is 0 Å². The fraction of sp³-hybridized carbons (Fsp3) is 0.250. The molecular weight excluding hydrogens is 244 g/mol. The molecule has 0 unspecified atom stereocenters. The number of nitrogens with zero attached hydrogens (tertiary/aromatic N) is 6. The molecule has 19 heavy (non-hydrogen) atoms. The maximum atomic E-state index is 12.5. The molecule has 3 aromatic rings. The summed E-state index contributed by atoms with van der Waals surface area (Å²) in [6.45, 7) is 2.69. The molecule has 3 rings (SSSR count). The van der Waals surface area contributed by atoms with Crippen LogP contribution in [0.4, 0.5) is 0 Å². The Balaban J connectivity index is 2.06. The van der Waals surface area contributed by atoms with E-state index in [0.29, 0.717) is 23.3 Å². The number of carbonyl (C=O) groups is 1. The summed E-state index contributed by atoms with van der Waals surface area (Å²) in [5, 5.41) is 11.9. The predicted molar refractivity (Wildman–Crippen MR) is 66.7 cm³/mol. The summed E-state index contributed by atoms with van der Waals surface area (Å²) in [6.07, 6.45) is 8.86. The van der Waals surface area contributed by atoms with Crippen LogP contribution in [0.1, 0.15) is 29.4 Å². The molecule has 0 spiro atoms. The molecule has 3 aromatic heterocycles. The van der Waals surface area contributed by atoms with Gasteiger partial charge in [0.1, 0.15) is 5.69 Å². The summed E-state index contributed by atoms with van der Waals surface area (Å²) < 4.78 is 3.23. The Morgan fingerprint density at radius 2 is 2.21 bits per heavy atom. The van der Waals surface area contributed by atoms with E-state index in [2.05, 4.69) is 20.4 Å². The molecule has 0 radical (unpaired) electrons. The second-order valence-electron chi connectivity index (χ2n) is 4.14. The largest absolute Gasteiger partial charge is 0.287 e. The molecule has 0 atom stereocenters. The minimum atomic E-state index is -0.138. The van der Waals surface area contributed by atoms with Crippen LogP contribution in [-0.4, -0.2) is 35.4 Å². The van der Waals surface area contributed by atoms with Crippen molar-refractivity contribution in [2.24, 2.45) is 0 Å². The average Bonchev–Trinajstić information content (AvgIpc) is 3.04. The van der Waals surface area contributed by atoms with Gasteiger partial charge in [0, 0.05) is 18.9 Å². The number of carbonyl (C=O) groups excluding carboxylic acids is 1. The third-order valence-electron chi connectivity index (χ3n) is 2.86. The van der Waals surface area contributed by atoms with E-state index in [1.54, 1.807) is 34.0 Å². The quantitative estimate of drug-likeness (QED) is 0.650. The monoisotopic (exact) mass is 256 g/mol. The van der Waals surface area contributed by atoms with Gasteiger partial charge in [-0.05, 0) is 6.42 Å². The maximum Gasteiger partial charge on any atom is 0.216 e. The van der Waals surface area contributed by atoms with E-state index in [0.717, 1.165) is 6.42 Å². The Hall–Kier alpha value is -2.57. The van der Waals surface area contributed by atoms with Crippen molar-refractivity contribution in [1.29, 1.82) is 0 Å². The van der Waals surface area contributed by atoms with Gasteiger partial charge in [0.25, 0.3) is 0 Å². The molecule has 7 nitrogen and oxygen atoms in total. The molecule has 7 heteroatoms. The lowest BCUT2D eigenvalue weighted by Crippen LogP contribution is -2.11. The second-order valence-corrected chi connectivity index (χ2v) is 4.14. The molecule has 0 N–H and O–H groups in total. The highest BCUT2D eigenvalue weighted by atomic mass is 16.1. The van der Waals surface area contributed by atoms with Crippen LogP contribution >= 0.6 is 0 Å². The third-order valence-corrected chi connectivity index (χ3v) is 2.86. The van der Waals surface area contributed by atoms with Crippen molar-refractivity contribution >= 4 is 11.3 Å². The Labute approximate surface area is 108 Å². The van der Waals surface area contributed by atoms with Crippen molar-refractivity contribution < 1.29 is 4.79 Å². The number of hydrogen-bond acceptors (Lipinski definition) is 5. The topological polar surface area (TPSA) is 78.0 Å². The summed E-state index contributed by atoms with van der Waals surface area (Å²) in [7, 11) is 0. The highest BCUT2D eigenvalue weighted by Crippen LogP contribution is 2.14. The van der Waals surface area contributed by atoms with Gasteiger partial charge < -0.3 is 0 Å². The first-order chi connectivity index (χ1) is 9.31. The number of aromatic nitrogens is 6. The van der Waals surface area contributed by atoms with Gasteiger partial charge in [0.05, 0.1) is 29.7 Å². The van der Waals surface area contributed by atoms with Gasteiger partial charge >= 0.3 is 0 Å². The fourth-order valence-corrected chi connectivity index (χ4v) is 1.96. The van der Waals surface area contributed by atoms with Gasteiger partial charge in [-0.25, -0.2) is 9.20 Å². The fourth-order valence-electron chi connectivity index (χ4n) is 1.96. The van der Waals surface area contributed by atoms with E-state index in [1.807, 2.05) is 6.92 Å². The van der Waals surface area contributed by atoms with Crippen LogP contribution < -0.4 is 0 Å². The normalized spacial score (nSPS) is 11.0. The van der Waals surface area contributed by atoms with Crippen molar-refractivity contribution in [3.8, 4) is 0 Å². The number of ketones is 1. The summed E-state index contributed by atoms with van der Waals surface area (Å²) in [5.41, 5.74) is 1.66. The Kier molecular flexibility index (Phi) is 2.79. The zero-order valence-electron chi connectivity index (χ0n) is 10.4. The van der Waals surface area contributed by atoms with Gasteiger partial charge in [-0.2, -0.15) is 5.10 Å². The average molecular weight is 256 g/mol. The molecular formula is C12H12N6O. The minimum Gasteiger partial charge on any atom is -0.287 e. The molecule has 0 aromatic carbocycles. The van der Waals surface area contributed by atoms with E-state index in [9.17, 15) is 4.79 Å². The van der Waals surface area contributed by atoms with Crippen LogP contribution in [0.15, 0.2) is 31.0 Å². The maximum absolute atomic E-state index is 12.5. The molecule has 0 saturated carbocycles. The zero-order chi connectivity index (χ0) is 13.2. The summed E-state index contributed by atoms with van der Waals surface area (Å²) >= 11 is 0. The molecule has 0 fully saturated rings. The third kappa shape index (κ3) is 1.88. The van der Waals surface area contributed by atoms with Crippen LogP contribution in [0.25, 0.3) is 5.52 Å². The van der Waals surface area contributed by atoms with Gasteiger partial charge in [-0.1, -0.05) is 12.1 Å². The van der Waals surface area contributed by atoms with E-state index in [1.165, 1.54) is 6.20 Å². The minimum absolute atomic E-state index is 0.138. The number of fused-ring (bicyclic) bond motifs is 1. The van der Waals surface area contributed by atoms with Crippen molar-refractivity contribution in [2.75, 3.05) is 0 Å².